The lowest BCUT2D eigenvalue weighted by atomic mass is 10.1. The van der Waals surface area contributed by atoms with Crippen LogP contribution in [0.15, 0.2) is 30.3 Å². The van der Waals surface area contributed by atoms with Gasteiger partial charge in [-0.3, -0.25) is 4.79 Å². The van der Waals surface area contributed by atoms with E-state index in [1.54, 1.807) is 24.3 Å². The monoisotopic (exact) mass is 252 g/mol. The van der Waals surface area contributed by atoms with Crippen LogP contribution in [0, 0.1) is 0 Å². The maximum atomic E-state index is 11.7. The number of hydrogen-bond donors (Lipinski definition) is 3. The molecule has 2 unspecified atom stereocenters. The molecule has 0 aliphatic carbocycles. The molecule has 0 heterocycles. The Labute approximate surface area is 105 Å². The van der Waals surface area contributed by atoms with E-state index < -0.39 is 24.0 Å². The molecule has 0 fully saturated rings. The highest BCUT2D eigenvalue weighted by atomic mass is 16.5. The number of benzene rings is 1. The number of methoxy groups -OCH3 is 1. The Kier molecular flexibility index (Phi) is 5.29. The summed E-state index contributed by atoms with van der Waals surface area (Å²) in [6.45, 7) is -0.230. The Bertz CT molecular complexity index is 408. The quantitative estimate of drug-likeness (QED) is 0.604. The number of nitrogens with one attached hydrogen (secondary N) is 1. The average Bonchev–Trinajstić information content (AvgIpc) is 2.43. The third kappa shape index (κ3) is 3.83. The molecule has 0 aromatic heterocycles. The zero-order valence-corrected chi connectivity index (χ0v) is 10.00. The lowest BCUT2D eigenvalue weighted by Gasteiger charge is -2.14. The van der Waals surface area contributed by atoms with Crippen LogP contribution < -0.4 is 11.1 Å². The zero-order chi connectivity index (χ0) is 13.5. The van der Waals surface area contributed by atoms with Crippen LogP contribution in [0.25, 0.3) is 0 Å². The summed E-state index contributed by atoms with van der Waals surface area (Å²) in [6.07, 6.45) is -1.39. The molecule has 1 rings (SSSR count). The van der Waals surface area contributed by atoms with Gasteiger partial charge in [-0.15, -0.1) is 0 Å². The molecule has 2 atom stereocenters. The lowest BCUT2D eigenvalue weighted by Crippen LogP contribution is -2.41. The van der Waals surface area contributed by atoms with Gasteiger partial charge in [0.05, 0.1) is 13.7 Å². The summed E-state index contributed by atoms with van der Waals surface area (Å²) in [5.41, 5.74) is 6.38. The number of carbonyl (C=O) groups excluding carboxylic acids is 2. The highest BCUT2D eigenvalue weighted by Gasteiger charge is 2.19. The molecule has 1 aromatic carbocycles. The summed E-state index contributed by atoms with van der Waals surface area (Å²) < 4.78 is 4.32. The van der Waals surface area contributed by atoms with Gasteiger partial charge in [-0.1, -0.05) is 30.3 Å². The summed E-state index contributed by atoms with van der Waals surface area (Å²) in [6, 6.07) is 7.96. The number of ether oxygens (including phenoxy) is 1. The number of hydrogen-bond acceptors (Lipinski definition) is 5. The van der Waals surface area contributed by atoms with Crippen LogP contribution in [-0.2, 0) is 14.3 Å². The summed E-state index contributed by atoms with van der Waals surface area (Å²) in [5.74, 6) is -1.27. The number of aliphatic hydroxyl groups excluding tert-OH is 1. The van der Waals surface area contributed by atoms with Gasteiger partial charge in [-0.05, 0) is 5.56 Å². The first-order valence-corrected chi connectivity index (χ1v) is 5.40. The van der Waals surface area contributed by atoms with Crippen LogP contribution in [0.1, 0.15) is 11.6 Å². The van der Waals surface area contributed by atoms with Gasteiger partial charge in [0.1, 0.15) is 6.04 Å². The van der Waals surface area contributed by atoms with Crippen LogP contribution in [0.3, 0.4) is 0 Å². The Morgan fingerprint density at radius 3 is 2.56 bits per heavy atom. The molecule has 0 bridgehead atoms. The first-order chi connectivity index (χ1) is 8.56. The summed E-state index contributed by atoms with van der Waals surface area (Å²) >= 11 is 0. The molecule has 0 aliphatic heterocycles. The molecule has 98 valence electrons. The lowest BCUT2D eigenvalue weighted by molar-refractivity contribution is -0.150. The minimum Gasteiger partial charge on any atom is -0.467 e. The van der Waals surface area contributed by atoms with Crippen LogP contribution in [-0.4, -0.2) is 36.7 Å². The molecule has 4 N–H and O–H groups in total. The second kappa shape index (κ2) is 6.73. The fraction of sp³-hybridized carbons (Fsp3) is 0.333. The molecule has 0 saturated heterocycles. The van der Waals surface area contributed by atoms with E-state index in [2.05, 4.69) is 10.1 Å². The number of nitrogens with two attached hydrogens (primary N) is 1. The number of rotatable bonds is 5. The second-order valence-electron chi connectivity index (χ2n) is 3.67. The van der Waals surface area contributed by atoms with E-state index in [4.69, 9.17) is 5.73 Å². The largest absolute Gasteiger partial charge is 0.467 e. The Hall–Kier alpha value is -1.92. The molecule has 0 radical (unpaired) electrons. The molecule has 1 amide bonds. The van der Waals surface area contributed by atoms with Gasteiger partial charge in [0.2, 0.25) is 5.91 Å². The van der Waals surface area contributed by atoms with Gasteiger partial charge in [-0.25, -0.2) is 4.79 Å². The van der Waals surface area contributed by atoms with Crippen molar-refractivity contribution in [2.45, 2.75) is 12.1 Å². The number of aliphatic hydroxyl groups is 1. The highest BCUT2D eigenvalue weighted by molar-refractivity contribution is 5.83. The van der Waals surface area contributed by atoms with Gasteiger partial charge in [0.15, 0.2) is 6.10 Å². The fourth-order valence-electron chi connectivity index (χ4n) is 1.34. The van der Waals surface area contributed by atoms with Crippen LogP contribution >= 0.6 is 0 Å². The van der Waals surface area contributed by atoms with Crippen molar-refractivity contribution in [3.05, 3.63) is 35.9 Å². The highest BCUT2D eigenvalue weighted by Crippen LogP contribution is 2.08. The standard InChI is InChI=1S/C12H16N2O4/c1-18-12(17)9(15)7-14-11(16)10(13)8-5-3-2-4-6-8/h2-6,9-10,15H,7,13H2,1H3,(H,14,16). The smallest absolute Gasteiger partial charge is 0.336 e. The fourth-order valence-corrected chi connectivity index (χ4v) is 1.34. The summed E-state index contributed by atoms with van der Waals surface area (Å²) in [5, 5.41) is 11.7. The first-order valence-electron chi connectivity index (χ1n) is 5.40. The summed E-state index contributed by atoms with van der Waals surface area (Å²) in [7, 11) is 1.16. The average molecular weight is 252 g/mol. The van der Waals surface area contributed by atoms with E-state index in [9.17, 15) is 14.7 Å². The van der Waals surface area contributed by atoms with Crippen molar-refractivity contribution in [2.75, 3.05) is 13.7 Å². The van der Waals surface area contributed by atoms with Crippen LogP contribution in [0.2, 0.25) is 0 Å². The van der Waals surface area contributed by atoms with E-state index in [-0.39, 0.29) is 6.54 Å². The maximum absolute atomic E-state index is 11.7. The minimum absolute atomic E-state index is 0.230. The minimum atomic E-state index is -1.39. The van der Waals surface area contributed by atoms with Crippen LogP contribution in [0.4, 0.5) is 0 Å². The predicted octanol–water partition coefficient (Wildman–Crippen LogP) is -0.663. The summed E-state index contributed by atoms with van der Waals surface area (Å²) in [4.78, 5) is 22.6. The van der Waals surface area contributed by atoms with Crippen molar-refractivity contribution in [3.8, 4) is 0 Å². The molecule has 18 heavy (non-hydrogen) atoms. The molecule has 1 aromatic rings. The molecule has 6 nitrogen and oxygen atoms in total. The molecular weight excluding hydrogens is 236 g/mol. The number of esters is 1. The van der Waals surface area contributed by atoms with E-state index >= 15 is 0 Å². The van der Waals surface area contributed by atoms with E-state index in [1.807, 2.05) is 6.07 Å². The van der Waals surface area contributed by atoms with E-state index in [1.165, 1.54) is 0 Å². The van der Waals surface area contributed by atoms with E-state index in [0.29, 0.717) is 5.56 Å². The van der Waals surface area contributed by atoms with Crippen molar-refractivity contribution in [1.29, 1.82) is 0 Å². The van der Waals surface area contributed by atoms with Gasteiger partial charge < -0.3 is 20.9 Å². The van der Waals surface area contributed by atoms with Crippen molar-refractivity contribution >= 4 is 11.9 Å². The number of amides is 1. The molecule has 0 aliphatic rings. The SMILES string of the molecule is COC(=O)C(O)CNC(=O)C(N)c1ccccc1. The van der Waals surface area contributed by atoms with Crippen molar-refractivity contribution in [1.82, 2.24) is 5.32 Å². The first kappa shape index (κ1) is 14.1. The third-order valence-corrected chi connectivity index (χ3v) is 2.38. The molecular formula is C12H16N2O4. The number of carbonyl (C=O) groups is 2. The van der Waals surface area contributed by atoms with Crippen LogP contribution in [0.5, 0.6) is 0 Å². The Morgan fingerprint density at radius 1 is 1.39 bits per heavy atom. The zero-order valence-electron chi connectivity index (χ0n) is 10.00. The predicted molar refractivity (Wildman–Crippen MR) is 64.4 cm³/mol. The topological polar surface area (TPSA) is 102 Å². The van der Waals surface area contributed by atoms with E-state index in [0.717, 1.165) is 7.11 Å². The normalized spacial score (nSPS) is 13.5. The van der Waals surface area contributed by atoms with Crippen molar-refractivity contribution in [3.63, 3.8) is 0 Å². The van der Waals surface area contributed by atoms with Crippen molar-refractivity contribution in [2.24, 2.45) is 5.73 Å². The van der Waals surface area contributed by atoms with Crippen molar-refractivity contribution < 1.29 is 19.4 Å². The molecule has 6 heteroatoms. The molecule has 0 saturated carbocycles. The maximum Gasteiger partial charge on any atom is 0.336 e. The van der Waals surface area contributed by atoms with Gasteiger partial charge in [0, 0.05) is 0 Å². The second-order valence-corrected chi connectivity index (χ2v) is 3.67. The Morgan fingerprint density at radius 2 is 2.00 bits per heavy atom. The third-order valence-electron chi connectivity index (χ3n) is 2.38. The Balaban J connectivity index is 2.49. The van der Waals surface area contributed by atoms with Gasteiger partial charge >= 0.3 is 5.97 Å². The molecule has 0 spiro atoms. The van der Waals surface area contributed by atoms with Gasteiger partial charge in [-0.2, -0.15) is 0 Å². The van der Waals surface area contributed by atoms with Gasteiger partial charge in [0.25, 0.3) is 0 Å².